The molecule has 0 saturated carbocycles. The maximum absolute atomic E-state index is 10.6. The summed E-state index contributed by atoms with van der Waals surface area (Å²) in [6.45, 7) is 5.63. The number of furan rings is 1. The predicted octanol–water partition coefficient (Wildman–Crippen LogP) is 4.89. The zero-order chi connectivity index (χ0) is 25.3. The number of aliphatic hydroxyl groups is 1. The molecule has 36 heavy (non-hydrogen) atoms. The molecule has 0 amide bonds. The molecule has 2 aromatic heterocycles. The third-order valence-electron chi connectivity index (χ3n) is 5.65. The van der Waals surface area contributed by atoms with E-state index in [9.17, 15) is 5.11 Å². The van der Waals surface area contributed by atoms with Crippen molar-refractivity contribution in [3.05, 3.63) is 95.6 Å². The number of hydrogen-bond donors (Lipinski definition) is 1. The Labute approximate surface area is 211 Å². The Morgan fingerprint density at radius 3 is 2.64 bits per heavy atom. The second kappa shape index (κ2) is 12.2. The lowest BCUT2D eigenvalue weighted by atomic mass is 10.2. The average molecular weight is 486 g/mol. The van der Waals surface area contributed by atoms with Crippen LogP contribution in [0.4, 0.5) is 0 Å². The molecule has 1 atom stereocenters. The molecule has 0 bridgehead atoms. The predicted molar refractivity (Wildman–Crippen MR) is 138 cm³/mol. The number of hydrogen-bond acceptors (Lipinski definition) is 6. The van der Waals surface area contributed by atoms with Crippen molar-refractivity contribution in [1.82, 2.24) is 14.7 Å². The molecule has 186 valence electrons. The Morgan fingerprint density at radius 2 is 1.92 bits per heavy atom. The van der Waals surface area contributed by atoms with Crippen LogP contribution >= 0.6 is 0 Å². The summed E-state index contributed by atoms with van der Waals surface area (Å²) in [7, 11) is 0. The molecule has 4 rings (SSSR count). The SMILES string of the molecule is C#CCOCC(O)CN(Cc1ccco1)Cc1c(C)nn(-c2ccccc2)c1Oc1cccc(C)c1. The molecular formula is C29H31N3O4. The quantitative estimate of drug-likeness (QED) is 0.228. The molecule has 0 fully saturated rings. The van der Waals surface area contributed by atoms with E-state index < -0.39 is 6.10 Å². The van der Waals surface area contributed by atoms with Gasteiger partial charge in [0, 0.05) is 13.1 Å². The van der Waals surface area contributed by atoms with Gasteiger partial charge in [0.15, 0.2) is 0 Å². The third-order valence-corrected chi connectivity index (χ3v) is 5.65. The van der Waals surface area contributed by atoms with Crippen LogP contribution in [0.25, 0.3) is 5.69 Å². The van der Waals surface area contributed by atoms with Gasteiger partial charge in [-0.15, -0.1) is 6.42 Å². The van der Waals surface area contributed by atoms with Gasteiger partial charge < -0.3 is 19.0 Å². The van der Waals surface area contributed by atoms with Crippen LogP contribution in [-0.2, 0) is 17.8 Å². The smallest absolute Gasteiger partial charge is 0.227 e. The normalized spacial score (nSPS) is 12.0. The van der Waals surface area contributed by atoms with E-state index in [4.69, 9.17) is 25.4 Å². The van der Waals surface area contributed by atoms with E-state index in [1.54, 1.807) is 6.26 Å². The van der Waals surface area contributed by atoms with Crippen LogP contribution in [0.5, 0.6) is 11.6 Å². The van der Waals surface area contributed by atoms with Crippen molar-refractivity contribution in [1.29, 1.82) is 0 Å². The summed E-state index contributed by atoms with van der Waals surface area (Å²) < 4.78 is 19.2. The number of benzene rings is 2. The van der Waals surface area contributed by atoms with E-state index in [-0.39, 0.29) is 13.2 Å². The highest BCUT2D eigenvalue weighted by molar-refractivity contribution is 5.43. The molecule has 2 heterocycles. The van der Waals surface area contributed by atoms with Crippen LogP contribution in [0.2, 0.25) is 0 Å². The fraction of sp³-hybridized carbons (Fsp3) is 0.276. The van der Waals surface area contributed by atoms with E-state index >= 15 is 0 Å². The molecular weight excluding hydrogens is 454 g/mol. The lowest BCUT2D eigenvalue weighted by Gasteiger charge is -2.24. The minimum Gasteiger partial charge on any atom is -0.468 e. The van der Waals surface area contributed by atoms with E-state index in [1.165, 1.54) is 0 Å². The Bertz CT molecular complexity index is 1280. The monoisotopic (exact) mass is 485 g/mol. The van der Waals surface area contributed by atoms with Crippen molar-refractivity contribution in [2.45, 2.75) is 33.0 Å². The zero-order valence-electron chi connectivity index (χ0n) is 20.6. The second-order valence-electron chi connectivity index (χ2n) is 8.66. The molecule has 0 aliphatic rings. The third kappa shape index (κ3) is 6.64. The summed E-state index contributed by atoms with van der Waals surface area (Å²) >= 11 is 0. The lowest BCUT2D eigenvalue weighted by Crippen LogP contribution is -2.34. The summed E-state index contributed by atoms with van der Waals surface area (Å²) in [5.41, 5.74) is 3.76. The van der Waals surface area contributed by atoms with Crippen LogP contribution in [0.3, 0.4) is 0 Å². The van der Waals surface area contributed by atoms with E-state index in [0.29, 0.717) is 25.5 Å². The van der Waals surface area contributed by atoms with Crippen LogP contribution in [0.1, 0.15) is 22.6 Å². The van der Waals surface area contributed by atoms with Crippen LogP contribution in [-0.4, -0.2) is 45.6 Å². The molecule has 0 saturated heterocycles. The number of para-hydroxylation sites is 1. The Kier molecular flexibility index (Phi) is 8.58. The summed E-state index contributed by atoms with van der Waals surface area (Å²) in [4.78, 5) is 2.09. The van der Waals surface area contributed by atoms with Crippen LogP contribution < -0.4 is 4.74 Å². The first-order valence-corrected chi connectivity index (χ1v) is 11.9. The van der Waals surface area contributed by atoms with Gasteiger partial charge in [-0.1, -0.05) is 36.3 Å². The van der Waals surface area contributed by atoms with Gasteiger partial charge in [-0.3, -0.25) is 4.90 Å². The number of aromatic nitrogens is 2. The highest BCUT2D eigenvalue weighted by Gasteiger charge is 2.23. The van der Waals surface area contributed by atoms with Gasteiger partial charge in [0.25, 0.3) is 0 Å². The minimum absolute atomic E-state index is 0.147. The molecule has 7 nitrogen and oxygen atoms in total. The molecule has 0 spiro atoms. The number of aliphatic hydroxyl groups excluding tert-OH is 1. The highest BCUT2D eigenvalue weighted by atomic mass is 16.5. The fourth-order valence-electron chi connectivity index (χ4n) is 4.00. The van der Waals surface area contributed by atoms with Gasteiger partial charge in [0.1, 0.15) is 18.1 Å². The molecule has 1 N–H and O–H groups in total. The van der Waals surface area contributed by atoms with Gasteiger partial charge in [0.2, 0.25) is 5.88 Å². The number of rotatable bonds is 12. The van der Waals surface area contributed by atoms with Gasteiger partial charge in [-0.25, -0.2) is 4.68 Å². The second-order valence-corrected chi connectivity index (χ2v) is 8.66. The summed E-state index contributed by atoms with van der Waals surface area (Å²) in [5, 5.41) is 15.4. The molecule has 0 aliphatic carbocycles. The topological polar surface area (TPSA) is 72.9 Å². The molecule has 4 aromatic rings. The number of ether oxygens (including phenoxy) is 2. The Balaban J connectivity index is 1.67. The maximum Gasteiger partial charge on any atom is 0.227 e. The van der Waals surface area contributed by atoms with Gasteiger partial charge in [0.05, 0.1) is 42.5 Å². The number of aryl methyl sites for hydroxylation is 2. The van der Waals surface area contributed by atoms with Crippen LogP contribution in [0, 0.1) is 26.2 Å². The zero-order valence-corrected chi connectivity index (χ0v) is 20.6. The molecule has 0 aliphatic heterocycles. The highest BCUT2D eigenvalue weighted by Crippen LogP contribution is 2.32. The number of nitrogens with zero attached hydrogens (tertiary/aromatic N) is 3. The first kappa shape index (κ1) is 25.3. The first-order chi connectivity index (χ1) is 17.5. The van der Waals surface area contributed by atoms with Crippen molar-refractivity contribution in [3.63, 3.8) is 0 Å². The van der Waals surface area contributed by atoms with Gasteiger partial charge >= 0.3 is 0 Å². The summed E-state index contributed by atoms with van der Waals surface area (Å²) in [5.74, 6) is 4.58. The van der Waals surface area contributed by atoms with Crippen molar-refractivity contribution >= 4 is 0 Å². The van der Waals surface area contributed by atoms with Crippen molar-refractivity contribution in [2.24, 2.45) is 0 Å². The van der Waals surface area contributed by atoms with E-state index in [2.05, 4.69) is 10.8 Å². The lowest BCUT2D eigenvalue weighted by molar-refractivity contribution is 0.0228. The van der Waals surface area contributed by atoms with Gasteiger partial charge in [-0.2, -0.15) is 5.10 Å². The maximum atomic E-state index is 10.6. The average Bonchev–Trinajstić information content (AvgIpc) is 3.48. The summed E-state index contributed by atoms with van der Waals surface area (Å²) in [6, 6.07) is 21.6. The van der Waals surface area contributed by atoms with Crippen molar-refractivity contribution in [3.8, 4) is 29.7 Å². The minimum atomic E-state index is -0.723. The summed E-state index contributed by atoms with van der Waals surface area (Å²) in [6.07, 6.45) is 6.18. The largest absolute Gasteiger partial charge is 0.468 e. The number of terminal acetylenes is 1. The fourth-order valence-corrected chi connectivity index (χ4v) is 4.00. The standard InChI is InChI=1S/C29H31N3O4/c1-4-15-34-21-25(33)18-31(19-27-14-9-16-35-27)20-28-23(3)30-32(24-11-6-5-7-12-24)29(28)36-26-13-8-10-22(2)17-26/h1,5-14,16-17,25,33H,15,18-21H2,2-3H3. The van der Waals surface area contributed by atoms with E-state index in [1.807, 2.05) is 85.3 Å². The molecule has 2 aromatic carbocycles. The van der Waals surface area contributed by atoms with Crippen molar-refractivity contribution in [2.75, 3.05) is 19.8 Å². The van der Waals surface area contributed by atoms with E-state index in [0.717, 1.165) is 34.0 Å². The molecule has 7 heteroatoms. The molecule has 0 radical (unpaired) electrons. The molecule has 1 unspecified atom stereocenters. The first-order valence-electron chi connectivity index (χ1n) is 11.9. The van der Waals surface area contributed by atoms with Gasteiger partial charge in [-0.05, 0) is 55.8 Å². The van der Waals surface area contributed by atoms with Crippen molar-refractivity contribution < 1.29 is 19.0 Å². The Morgan fingerprint density at radius 1 is 1.08 bits per heavy atom. The Hall–Kier alpha value is -3.83. The van der Waals surface area contributed by atoms with Crippen LogP contribution in [0.15, 0.2) is 77.4 Å².